The second kappa shape index (κ2) is 3.21. The van der Waals surface area contributed by atoms with Gasteiger partial charge in [0.2, 0.25) is 5.91 Å². The number of hydrogen-bond donors (Lipinski definition) is 1. The van der Waals surface area contributed by atoms with Crippen molar-refractivity contribution in [1.29, 1.82) is 0 Å². The molecule has 0 heterocycles. The smallest absolute Gasteiger partial charge is 0.223 e. The van der Waals surface area contributed by atoms with Gasteiger partial charge >= 0.3 is 0 Å². The summed E-state index contributed by atoms with van der Waals surface area (Å²) in [4.78, 5) is 11.4. The minimum Gasteiger partial charge on any atom is -0.351 e. The van der Waals surface area contributed by atoms with Crippen molar-refractivity contribution in [3.8, 4) is 0 Å². The van der Waals surface area contributed by atoms with Gasteiger partial charge in [-0.2, -0.15) is 0 Å². The van der Waals surface area contributed by atoms with Crippen molar-refractivity contribution in [2.24, 2.45) is 11.3 Å². The van der Waals surface area contributed by atoms with Crippen LogP contribution in [0.5, 0.6) is 0 Å². The maximum atomic E-state index is 11.4. The molecular formula is C9H14BrNO. The molecule has 12 heavy (non-hydrogen) atoms. The summed E-state index contributed by atoms with van der Waals surface area (Å²) < 4.78 is 0.814. The number of halogens is 1. The Morgan fingerprint density at radius 3 is 2.58 bits per heavy atom. The summed E-state index contributed by atoms with van der Waals surface area (Å²) >= 11 is 3.19. The van der Waals surface area contributed by atoms with Crippen molar-refractivity contribution < 1.29 is 4.79 Å². The third-order valence-electron chi connectivity index (χ3n) is 2.28. The van der Waals surface area contributed by atoms with Crippen molar-refractivity contribution in [3.05, 3.63) is 11.1 Å². The second-order valence-electron chi connectivity index (χ2n) is 3.98. The summed E-state index contributed by atoms with van der Waals surface area (Å²) in [7, 11) is 0. The summed E-state index contributed by atoms with van der Waals surface area (Å²) in [6, 6.07) is 0. The molecular weight excluding hydrogens is 218 g/mol. The lowest BCUT2D eigenvalue weighted by Crippen LogP contribution is -2.27. The Hall–Kier alpha value is -0.310. The third-order valence-corrected chi connectivity index (χ3v) is 2.56. The number of rotatable bonds is 3. The molecule has 0 saturated heterocycles. The second-order valence-corrected chi connectivity index (χ2v) is 5.10. The van der Waals surface area contributed by atoms with E-state index >= 15 is 0 Å². The fourth-order valence-corrected chi connectivity index (χ4v) is 1.36. The SMILES string of the molecule is C=C(Br)CNC(=O)[C@H]1CC1(C)C. The van der Waals surface area contributed by atoms with Crippen LogP contribution >= 0.6 is 15.9 Å². The fourth-order valence-electron chi connectivity index (χ4n) is 1.22. The van der Waals surface area contributed by atoms with Crippen LogP contribution < -0.4 is 5.32 Å². The van der Waals surface area contributed by atoms with Gasteiger partial charge in [0.15, 0.2) is 0 Å². The van der Waals surface area contributed by atoms with Crippen LogP contribution in [0.3, 0.4) is 0 Å². The standard InChI is InChI=1S/C9H14BrNO/c1-6(10)5-11-8(12)7-4-9(7,2)3/h7H,1,4-5H2,2-3H3,(H,11,12)/t7-/m1/s1. The molecule has 0 spiro atoms. The predicted molar refractivity (Wildman–Crippen MR) is 53.0 cm³/mol. The molecule has 0 unspecified atom stereocenters. The molecule has 0 aliphatic heterocycles. The average molecular weight is 232 g/mol. The van der Waals surface area contributed by atoms with Crippen LogP contribution in [0.15, 0.2) is 11.1 Å². The molecule has 1 aliphatic rings. The highest BCUT2D eigenvalue weighted by Crippen LogP contribution is 2.51. The fraction of sp³-hybridized carbons (Fsp3) is 0.667. The average Bonchev–Trinajstić information content (AvgIpc) is 2.55. The number of hydrogen-bond acceptors (Lipinski definition) is 1. The molecule has 1 saturated carbocycles. The Kier molecular flexibility index (Phi) is 2.61. The number of carbonyl (C=O) groups excluding carboxylic acids is 1. The Bertz CT molecular complexity index is 223. The van der Waals surface area contributed by atoms with E-state index in [2.05, 4.69) is 41.7 Å². The molecule has 0 aromatic carbocycles. The normalized spacial score (nSPS) is 24.8. The van der Waals surface area contributed by atoms with Crippen LogP contribution in [0.4, 0.5) is 0 Å². The van der Waals surface area contributed by atoms with Gasteiger partial charge in [0.25, 0.3) is 0 Å². The topological polar surface area (TPSA) is 29.1 Å². The number of carbonyl (C=O) groups is 1. The number of nitrogens with one attached hydrogen (secondary N) is 1. The molecule has 1 N–H and O–H groups in total. The van der Waals surface area contributed by atoms with Gasteiger partial charge < -0.3 is 5.32 Å². The predicted octanol–water partition coefficient (Wildman–Crippen LogP) is 2.06. The van der Waals surface area contributed by atoms with Crippen molar-refractivity contribution in [3.63, 3.8) is 0 Å². The van der Waals surface area contributed by atoms with E-state index in [9.17, 15) is 4.79 Å². The van der Waals surface area contributed by atoms with Crippen LogP contribution in [0, 0.1) is 11.3 Å². The first kappa shape index (κ1) is 9.78. The zero-order chi connectivity index (χ0) is 9.35. The van der Waals surface area contributed by atoms with Gasteiger partial charge in [0, 0.05) is 16.9 Å². The molecule has 0 aromatic rings. The quantitative estimate of drug-likeness (QED) is 0.792. The van der Waals surface area contributed by atoms with E-state index in [1.54, 1.807) is 0 Å². The summed E-state index contributed by atoms with van der Waals surface area (Å²) in [5.74, 6) is 0.366. The van der Waals surface area contributed by atoms with E-state index in [-0.39, 0.29) is 17.2 Å². The van der Waals surface area contributed by atoms with Gasteiger partial charge in [-0.05, 0) is 11.8 Å². The summed E-state index contributed by atoms with van der Waals surface area (Å²) in [5, 5.41) is 2.81. The highest BCUT2D eigenvalue weighted by atomic mass is 79.9. The van der Waals surface area contributed by atoms with Gasteiger partial charge in [-0.1, -0.05) is 36.4 Å². The molecule has 0 bridgehead atoms. The molecule has 1 aliphatic carbocycles. The van der Waals surface area contributed by atoms with E-state index < -0.39 is 0 Å². The first-order valence-corrected chi connectivity index (χ1v) is 4.84. The molecule has 3 heteroatoms. The largest absolute Gasteiger partial charge is 0.351 e. The van der Waals surface area contributed by atoms with Crippen LogP contribution in [0.25, 0.3) is 0 Å². The van der Waals surface area contributed by atoms with E-state index in [0.29, 0.717) is 6.54 Å². The van der Waals surface area contributed by atoms with E-state index in [1.165, 1.54) is 0 Å². The minimum absolute atomic E-state index is 0.153. The van der Waals surface area contributed by atoms with Crippen molar-refractivity contribution in [2.45, 2.75) is 20.3 Å². The molecule has 2 nitrogen and oxygen atoms in total. The van der Waals surface area contributed by atoms with Crippen LogP contribution in [0.1, 0.15) is 20.3 Å². The minimum atomic E-state index is 0.153. The maximum Gasteiger partial charge on any atom is 0.223 e. The molecule has 1 amide bonds. The summed E-state index contributed by atoms with van der Waals surface area (Å²) in [6.45, 7) is 8.40. The van der Waals surface area contributed by atoms with Gasteiger partial charge in [0.1, 0.15) is 0 Å². The van der Waals surface area contributed by atoms with E-state index in [0.717, 1.165) is 10.9 Å². The zero-order valence-corrected chi connectivity index (χ0v) is 9.07. The van der Waals surface area contributed by atoms with Crippen molar-refractivity contribution >= 4 is 21.8 Å². The van der Waals surface area contributed by atoms with Crippen LogP contribution in [-0.2, 0) is 4.79 Å². The Labute approximate surface area is 81.5 Å². The Morgan fingerprint density at radius 1 is 1.75 bits per heavy atom. The van der Waals surface area contributed by atoms with Gasteiger partial charge in [-0.25, -0.2) is 0 Å². The molecule has 68 valence electrons. The monoisotopic (exact) mass is 231 g/mol. The highest BCUT2D eigenvalue weighted by molar-refractivity contribution is 9.11. The molecule has 0 aromatic heterocycles. The van der Waals surface area contributed by atoms with Gasteiger partial charge in [0.05, 0.1) is 0 Å². The Morgan fingerprint density at radius 2 is 2.25 bits per heavy atom. The lowest BCUT2D eigenvalue weighted by Gasteiger charge is -2.04. The summed E-state index contributed by atoms with van der Waals surface area (Å²) in [6.07, 6.45) is 1.01. The lowest BCUT2D eigenvalue weighted by atomic mass is 10.1. The van der Waals surface area contributed by atoms with Gasteiger partial charge in [-0.15, -0.1) is 0 Å². The molecule has 0 radical (unpaired) electrons. The van der Waals surface area contributed by atoms with Crippen LogP contribution in [-0.4, -0.2) is 12.5 Å². The molecule has 1 fully saturated rings. The highest BCUT2D eigenvalue weighted by Gasteiger charge is 2.50. The first-order chi connectivity index (χ1) is 5.43. The van der Waals surface area contributed by atoms with E-state index in [4.69, 9.17) is 0 Å². The zero-order valence-electron chi connectivity index (χ0n) is 7.48. The van der Waals surface area contributed by atoms with E-state index in [1.807, 2.05) is 0 Å². The molecule has 1 atom stereocenters. The van der Waals surface area contributed by atoms with Crippen molar-refractivity contribution in [2.75, 3.05) is 6.54 Å². The maximum absolute atomic E-state index is 11.4. The van der Waals surface area contributed by atoms with Crippen molar-refractivity contribution in [1.82, 2.24) is 5.32 Å². The van der Waals surface area contributed by atoms with Crippen LogP contribution in [0.2, 0.25) is 0 Å². The molecule has 1 rings (SSSR count). The third kappa shape index (κ3) is 2.34. The summed E-state index contributed by atoms with van der Waals surface area (Å²) in [5.41, 5.74) is 0.220. The van der Waals surface area contributed by atoms with Gasteiger partial charge in [-0.3, -0.25) is 4.79 Å². The number of amides is 1. The lowest BCUT2D eigenvalue weighted by molar-refractivity contribution is -0.122. The first-order valence-electron chi connectivity index (χ1n) is 4.04. The Balaban J connectivity index is 2.27.